The summed E-state index contributed by atoms with van der Waals surface area (Å²) in [5.41, 5.74) is 4.85. The number of hydrogen-bond acceptors (Lipinski definition) is 3. The van der Waals surface area contributed by atoms with Crippen molar-refractivity contribution in [2.45, 2.75) is 19.4 Å². The van der Waals surface area contributed by atoms with Crippen LogP contribution in [-0.4, -0.2) is 53.2 Å². The van der Waals surface area contributed by atoms with Crippen molar-refractivity contribution >= 4 is 11.9 Å². The number of nitrogens with zero attached hydrogens (tertiary/aromatic N) is 4. The molecule has 1 aliphatic rings. The first kappa shape index (κ1) is 20.7. The smallest absolute Gasteiger partial charge is 0.242 e. The Hall–Kier alpha value is -3.61. The van der Waals surface area contributed by atoms with Crippen molar-refractivity contribution < 1.29 is 4.79 Å². The molecule has 1 amide bonds. The van der Waals surface area contributed by atoms with Crippen LogP contribution >= 0.6 is 0 Å². The van der Waals surface area contributed by atoms with Gasteiger partial charge in [-0.15, -0.1) is 0 Å². The molecule has 0 saturated carbocycles. The van der Waals surface area contributed by atoms with E-state index in [9.17, 15) is 4.79 Å². The summed E-state index contributed by atoms with van der Waals surface area (Å²) in [7, 11) is 1.72. The third-order valence-corrected chi connectivity index (χ3v) is 5.53. The predicted octanol–water partition coefficient (Wildman–Crippen LogP) is 2.16. The van der Waals surface area contributed by atoms with Crippen LogP contribution in [0, 0.1) is 0 Å². The van der Waals surface area contributed by atoms with Crippen LogP contribution in [0.25, 0.3) is 5.69 Å². The standard InChI is InChI=1S/C24H28N6O/c1-25-24(26-14-11-19-7-9-22(10-8-19)30-15-4-13-28-30)27-17-23(31)29-16-12-20-5-2-3-6-21(20)18-29/h2-10,13,15H,11-12,14,16-18H2,1H3,(H2,25,26,27). The van der Waals surface area contributed by atoms with E-state index in [0.29, 0.717) is 12.5 Å². The number of fused-ring (bicyclic) bond motifs is 1. The van der Waals surface area contributed by atoms with E-state index in [4.69, 9.17) is 0 Å². The van der Waals surface area contributed by atoms with Crippen molar-refractivity contribution in [3.63, 3.8) is 0 Å². The summed E-state index contributed by atoms with van der Waals surface area (Å²) < 4.78 is 1.84. The van der Waals surface area contributed by atoms with Crippen LogP contribution in [-0.2, 0) is 24.2 Å². The SMILES string of the molecule is CN=C(NCCc1ccc(-n2cccn2)cc1)NCC(=O)N1CCc2ccccc2C1. The summed E-state index contributed by atoms with van der Waals surface area (Å²) in [6.45, 7) is 2.40. The largest absolute Gasteiger partial charge is 0.356 e. The molecule has 0 aliphatic carbocycles. The Morgan fingerprint density at radius 2 is 1.87 bits per heavy atom. The Bertz CT molecular complexity index is 1030. The summed E-state index contributed by atoms with van der Waals surface area (Å²) in [4.78, 5) is 18.8. The average molecular weight is 417 g/mol. The minimum Gasteiger partial charge on any atom is -0.356 e. The molecular formula is C24H28N6O. The van der Waals surface area contributed by atoms with Crippen molar-refractivity contribution in [1.82, 2.24) is 25.3 Å². The van der Waals surface area contributed by atoms with Crippen molar-refractivity contribution in [2.24, 2.45) is 4.99 Å². The van der Waals surface area contributed by atoms with Crippen molar-refractivity contribution in [2.75, 3.05) is 26.7 Å². The first-order valence-corrected chi connectivity index (χ1v) is 10.6. The minimum atomic E-state index is 0.0895. The molecule has 2 N–H and O–H groups in total. The fourth-order valence-electron chi connectivity index (χ4n) is 3.76. The molecule has 0 spiro atoms. The van der Waals surface area contributed by atoms with Gasteiger partial charge in [0, 0.05) is 39.1 Å². The lowest BCUT2D eigenvalue weighted by atomic mass is 10.00. The molecule has 0 atom stereocenters. The molecule has 2 heterocycles. The average Bonchev–Trinajstić information content (AvgIpc) is 3.36. The quantitative estimate of drug-likeness (QED) is 0.477. The molecule has 1 aliphatic heterocycles. The summed E-state index contributed by atoms with van der Waals surface area (Å²) in [5.74, 6) is 0.727. The third kappa shape index (κ3) is 5.31. The molecule has 0 bridgehead atoms. The molecule has 0 radical (unpaired) electrons. The van der Waals surface area contributed by atoms with E-state index in [1.807, 2.05) is 27.9 Å². The van der Waals surface area contributed by atoms with Gasteiger partial charge in [-0.3, -0.25) is 9.79 Å². The van der Waals surface area contributed by atoms with Gasteiger partial charge in [0.1, 0.15) is 0 Å². The van der Waals surface area contributed by atoms with E-state index < -0.39 is 0 Å². The van der Waals surface area contributed by atoms with E-state index in [-0.39, 0.29) is 12.5 Å². The van der Waals surface area contributed by atoms with Gasteiger partial charge in [0.15, 0.2) is 5.96 Å². The van der Waals surface area contributed by atoms with Crippen LogP contribution in [0.5, 0.6) is 0 Å². The van der Waals surface area contributed by atoms with Crippen LogP contribution < -0.4 is 10.6 Å². The number of benzene rings is 2. The number of aliphatic imine (C=N–C) groups is 1. The van der Waals surface area contributed by atoms with Crippen LogP contribution in [0.3, 0.4) is 0 Å². The lowest BCUT2D eigenvalue weighted by Crippen LogP contribution is -2.46. The van der Waals surface area contributed by atoms with Crippen LogP contribution in [0.15, 0.2) is 72.0 Å². The van der Waals surface area contributed by atoms with Gasteiger partial charge in [-0.2, -0.15) is 5.10 Å². The topological polar surface area (TPSA) is 74.5 Å². The molecule has 0 fully saturated rings. The molecule has 0 unspecified atom stereocenters. The Balaban J connectivity index is 1.21. The zero-order valence-electron chi connectivity index (χ0n) is 17.8. The fourth-order valence-corrected chi connectivity index (χ4v) is 3.76. The van der Waals surface area contributed by atoms with Gasteiger partial charge in [0.05, 0.1) is 12.2 Å². The van der Waals surface area contributed by atoms with E-state index >= 15 is 0 Å². The second kappa shape index (κ2) is 9.93. The van der Waals surface area contributed by atoms with E-state index in [2.05, 4.69) is 63.2 Å². The second-order valence-electron chi connectivity index (χ2n) is 7.55. The van der Waals surface area contributed by atoms with Gasteiger partial charge in [-0.05, 0) is 47.7 Å². The van der Waals surface area contributed by atoms with Crippen LogP contribution in [0.4, 0.5) is 0 Å². The number of rotatable bonds is 6. The van der Waals surface area contributed by atoms with Gasteiger partial charge in [-0.1, -0.05) is 36.4 Å². The highest BCUT2D eigenvalue weighted by Crippen LogP contribution is 2.18. The maximum Gasteiger partial charge on any atom is 0.242 e. The molecule has 4 rings (SSSR count). The van der Waals surface area contributed by atoms with Crippen LogP contribution in [0.2, 0.25) is 0 Å². The van der Waals surface area contributed by atoms with Gasteiger partial charge in [-0.25, -0.2) is 4.68 Å². The highest BCUT2D eigenvalue weighted by atomic mass is 16.2. The molecule has 0 saturated heterocycles. The molecule has 31 heavy (non-hydrogen) atoms. The van der Waals surface area contributed by atoms with E-state index in [1.54, 1.807) is 13.2 Å². The van der Waals surface area contributed by atoms with Gasteiger partial charge in [0.2, 0.25) is 5.91 Å². The maximum absolute atomic E-state index is 12.6. The highest BCUT2D eigenvalue weighted by Gasteiger charge is 2.20. The van der Waals surface area contributed by atoms with E-state index in [0.717, 1.165) is 31.6 Å². The monoisotopic (exact) mass is 416 g/mol. The highest BCUT2D eigenvalue weighted by molar-refractivity contribution is 5.86. The number of carbonyl (C=O) groups is 1. The zero-order valence-corrected chi connectivity index (χ0v) is 17.8. The summed E-state index contributed by atoms with van der Waals surface area (Å²) in [6.07, 6.45) is 5.46. The van der Waals surface area contributed by atoms with Gasteiger partial charge >= 0.3 is 0 Å². The number of carbonyl (C=O) groups excluding carboxylic acids is 1. The lowest BCUT2D eigenvalue weighted by Gasteiger charge is -2.29. The Kier molecular flexibility index (Phi) is 6.62. The van der Waals surface area contributed by atoms with Crippen molar-refractivity contribution in [3.05, 3.63) is 83.7 Å². The fraction of sp³-hybridized carbons (Fsp3) is 0.292. The molecule has 1 aromatic heterocycles. The third-order valence-electron chi connectivity index (χ3n) is 5.53. The number of hydrogen-bond donors (Lipinski definition) is 2. The Morgan fingerprint density at radius 3 is 2.61 bits per heavy atom. The van der Waals surface area contributed by atoms with E-state index in [1.165, 1.54) is 16.7 Å². The summed E-state index contributed by atoms with van der Waals surface area (Å²) in [5, 5.41) is 10.7. The summed E-state index contributed by atoms with van der Waals surface area (Å²) in [6, 6.07) is 18.6. The molecule has 7 nitrogen and oxygen atoms in total. The number of aromatic nitrogens is 2. The first-order chi connectivity index (χ1) is 15.2. The normalized spacial score (nSPS) is 13.6. The molecule has 160 valence electrons. The summed E-state index contributed by atoms with van der Waals surface area (Å²) >= 11 is 0. The molecular weight excluding hydrogens is 388 g/mol. The Morgan fingerprint density at radius 1 is 1.06 bits per heavy atom. The molecule has 3 aromatic rings. The number of nitrogens with one attached hydrogen (secondary N) is 2. The maximum atomic E-state index is 12.6. The van der Waals surface area contributed by atoms with Gasteiger partial charge in [0.25, 0.3) is 0 Å². The van der Waals surface area contributed by atoms with Gasteiger partial charge < -0.3 is 15.5 Å². The molecule has 2 aromatic carbocycles. The minimum absolute atomic E-state index is 0.0895. The number of guanidine groups is 1. The Labute approximate surface area is 182 Å². The van der Waals surface area contributed by atoms with Crippen molar-refractivity contribution in [3.8, 4) is 5.69 Å². The lowest BCUT2D eigenvalue weighted by molar-refractivity contribution is -0.130. The second-order valence-corrected chi connectivity index (χ2v) is 7.55. The predicted molar refractivity (Wildman–Crippen MR) is 122 cm³/mol. The van der Waals surface area contributed by atoms with Crippen LogP contribution in [0.1, 0.15) is 16.7 Å². The molecule has 7 heteroatoms. The first-order valence-electron chi connectivity index (χ1n) is 10.6. The van der Waals surface area contributed by atoms with Crippen molar-refractivity contribution in [1.29, 1.82) is 0 Å². The number of amides is 1. The zero-order chi connectivity index (χ0) is 21.5.